The summed E-state index contributed by atoms with van der Waals surface area (Å²) in [6.45, 7) is 0. The highest BCUT2D eigenvalue weighted by atomic mass is 79.9. The van der Waals surface area contributed by atoms with Crippen LogP contribution in [0.15, 0.2) is 22.7 Å². The summed E-state index contributed by atoms with van der Waals surface area (Å²) in [5.74, 6) is 3.03. The van der Waals surface area contributed by atoms with Crippen LogP contribution in [0.25, 0.3) is 0 Å². The van der Waals surface area contributed by atoms with Gasteiger partial charge in [0.05, 0.1) is 17.7 Å². The second-order valence-electron chi connectivity index (χ2n) is 6.72. The summed E-state index contributed by atoms with van der Waals surface area (Å²) in [5.41, 5.74) is 1.02. The highest BCUT2D eigenvalue weighted by molar-refractivity contribution is 9.10. The van der Waals surface area contributed by atoms with Crippen molar-refractivity contribution < 1.29 is 9.84 Å². The number of methoxy groups -OCH3 is 1. The first-order valence-corrected chi connectivity index (χ1v) is 9.00. The van der Waals surface area contributed by atoms with Crippen LogP contribution < -0.4 is 4.74 Å². The molecule has 1 N–H and O–H groups in total. The normalized spacial score (nSPS) is 30.5. The smallest absolute Gasteiger partial charge is 0.133 e. The van der Waals surface area contributed by atoms with Crippen molar-refractivity contribution in [3.63, 3.8) is 0 Å². The van der Waals surface area contributed by atoms with Gasteiger partial charge in [-0.05, 0) is 70.6 Å². The molecule has 3 rings (SSSR count). The molecular formula is C18H25BrO2. The molecule has 0 aromatic heterocycles. The highest BCUT2D eigenvalue weighted by Crippen LogP contribution is 2.46. The van der Waals surface area contributed by atoms with Crippen LogP contribution >= 0.6 is 15.9 Å². The number of halogens is 1. The van der Waals surface area contributed by atoms with E-state index >= 15 is 0 Å². The maximum atomic E-state index is 10.8. The van der Waals surface area contributed by atoms with Gasteiger partial charge in [-0.1, -0.05) is 31.7 Å². The van der Waals surface area contributed by atoms with E-state index in [-0.39, 0.29) is 6.10 Å². The molecular weight excluding hydrogens is 328 g/mol. The van der Waals surface area contributed by atoms with Crippen molar-refractivity contribution in [3.05, 3.63) is 28.2 Å². The molecule has 0 bridgehead atoms. The first kappa shape index (κ1) is 15.4. The number of fused-ring (bicyclic) bond motifs is 1. The van der Waals surface area contributed by atoms with E-state index in [0.717, 1.165) is 27.6 Å². The van der Waals surface area contributed by atoms with Crippen molar-refractivity contribution in [1.29, 1.82) is 0 Å². The van der Waals surface area contributed by atoms with E-state index in [1.54, 1.807) is 7.11 Å². The Morgan fingerprint density at radius 1 is 1.14 bits per heavy atom. The Morgan fingerprint density at radius 2 is 1.90 bits per heavy atom. The Labute approximate surface area is 136 Å². The highest BCUT2D eigenvalue weighted by Gasteiger charge is 2.35. The van der Waals surface area contributed by atoms with Crippen molar-refractivity contribution in [2.75, 3.05) is 7.11 Å². The lowest BCUT2D eigenvalue weighted by Crippen LogP contribution is -2.30. The van der Waals surface area contributed by atoms with Gasteiger partial charge in [0, 0.05) is 0 Å². The Balaban J connectivity index is 1.70. The molecule has 4 unspecified atom stereocenters. The third kappa shape index (κ3) is 3.29. The summed E-state index contributed by atoms with van der Waals surface area (Å²) in [6, 6.07) is 5.95. The van der Waals surface area contributed by atoms with Gasteiger partial charge < -0.3 is 9.84 Å². The quantitative estimate of drug-likeness (QED) is 0.819. The fraction of sp³-hybridized carbons (Fsp3) is 0.667. The monoisotopic (exact) mass is 352 g/mol. The van der Waals surface area contributed by atoms with E-state index in [2.05, 4.69) is 15.9 Å². The lowest BCUT2D eigenvalue weighted by atomic mass is 9.66. The molecule has 1 aromatic rings. The number of benzene rings is 1. The second kappa shape index (κ2) is 6.70. The number of aliphatic hydroxyl groups is 1. The van der Waals surface area contributed by atoms with Gasteiger partial charge in [-0.25, -0.2) is 0 Å². The topological polar surface area (TPSA) is 29.5 Å². The van der Waals surface area contributed by atoms with E-state index in [1.807, 2.05) is 18.2 Å². The fourth-order valence-corrected chi connectivity index (χ4v) is 4.89. The molecule has 2 aliphatic carbocycles. The maximum Gasteiger partial charge on any atom is 0.133 e. The zero-order chi connectivity index (χ0) is 14.8. The molecule has 2 fully saturated rings. The minimum atomic E-state index is -0.338. The summed E-state index contributed by atoms with van der Waals surface area (Å²) in [4.78, 5) is 0. The zero-order valence-corrected chi connectivity index (χ0v) is 14.3. The van der Waals surface area contributed by atoms with Crippen LogP contribution in [0, 0.1) is 17.8 Å². The minimum Gasteiger partial charge on any atom is -0.496 e. The molecule has 3 heteroatoms. The molecule has 2 saturated carbocycles. The van der Waals surface area contributed by atoms with Gasteiger partial charge in [0.25, 0.3) is 0 Å². The zero-order valence-electron chi connectivity index (χ0n) is 12.7. The molecule has 0 radical (unpaired) electrons. The van der Waals surface area contributed by atoms with Gasteiger partial charge >= 0.3 is 0 Å². The minimum absolute atomic E-state index is 0.338. The fourth-order valence-electron chi connectivity index (χ4n) is 4.34. The van der Waals surface area contributed by atoms with Crippen LogP contribution in [0.1, 0.15) is 56.6 Å². The lowest BCUT2D eigenvalue weighted by Gasteiger charge is -2.40. The molecule has 0 amide bonds. The van der Waals surface area contributed by atoms with Crippen LogP contribution in [-0.2, 0) is 0 Å². The van der Waals surface area contributed by atoms with Crippen LogP contribution in [0.3, 0.4) is 0 Å². The van der Waals surface area contributed by atoms with Gasteiger partial charge in [-0.2, -0.15) is 0 Å². The predicted molar refractivity (Wildman–Crippen MR) is 88.4 cm³/mol. The van der Waals surface area contributed by atoms with E-state index in [4.69, 9.17) is 4.74 Å². The molecule has 2 nitrogen and oxygen atoms in total. The maximum absolute atomic E-state index is 10.8. The van der Waals surface area contributed by atoms with Crippen molar-refractivity contribution in [3.8, 4) is 5.75 Å². The van der Waals surface area contributed by atoms with Crippen molar-refractivity contribution in [1.82, 2.24) is 0 Å². The molecule has 0 spiro atoms. The summed E-state index contributed by atoms with van der Waals surface area (Å²) in [5, 5.41) is 10.8. The lowest BCUT2D eigenvalue weighted by molar-refractivity contribution is 0.0348. The van der Waals surface area contributed by atoms with Crippen molar-refractivity contribution >= 4 is 15.9 Å². The van der Waals surface area contributed by atoms with Crippen LogP contribution in [0.5, 0.6) is 5.75 Å². The van der Waals surface area contributed by atoms with Crippen LogP contribution in [0.4, 0.5) is 0 Å². The van der Waals surface area contributed by atoms with Gasteiger partial charge in [0.15, 0.2) is 0 Å². The molecule has 2 aliphatic rings. The Bertz CT molecular complexity index is 488. The Morgan fingerprint density at radius 3 is 2.62 bits per heavy atom. The first-order valence-electron chi connectivity index (χ1n) is 8.20. The van der Waals surface area contributed by atoms with Crippen molar-refractivity contribution in [2.24, 2.45) is 17.8 Å². The summed E-state index contributed by atoms with van der Waals surface area (Å²) in [6.07, 6.45) is 8.94. The number of rotatable bonds is 3. The third-order valence-electron chi connectivity index (χ3n) is 5.54. The Kier molecular flexibility index (Phi) is 4.90. The van der Waals surface area contributed by atoms with Gasteiger partial charge in [0.1, 0.15) is 5.75 Å². The SMILES string of the molecule is COc1ccc(C(O)C2CCC3CCCCC3C2)cc1Br. The number of ether oxygens (including phenoxy) is 1. The van der Waals surface area contributed by atoms with E-state index in [9.17, 15) is 5.11 Å². The molecule has 1 aromatic carbocycles. The van der Waals surface area contributed by atoms with E-state index < -0.39 is 0 Å². The van der Waals surface area contributed by atoms with E-state index in [1.165, 1.54) is 44.9 Å². The summed E-state index contributed by atoms with van der Waals surface area (Å²) < 4.78 is 6.19. The van der Waals surface area contributed by atoms with Crippen LogP contribution in [-0.4, -0.2) is 12.2 Å². The summed E-state index contributed by atoms with van der Waals surface area (Å²) >= 11 is 3.52. The molecule has 21 heavy (non-hydrogen) atoms. The standard InChI is InChI=1S/C18H25BrO2/c1-21-17-9-8-15(11-16(17)19)18(20)14-7-6-12-4-2-3-5-13(12)10-14/h8-9,11-14,18,20H,2-7,10H2,1H3. The van der Waals surface area contributed by atoms with Gasteiger partial charge in [0.2, 0.25) is 0 Å². The second-order valence-corrected chi connectivity index (χ2v) is 7.57. The number of hydrogen-bond donors (Lipinski definition) is 1. The van der Waals surface area contributed by atoms with Gasteiger partial charge in [-0.3, -0.25) is 0 Å². The summed E-state index contributed by atoms with van der Waals surface area (Å²) in [7, 11) is 1.67. The van der Waals surface area contributed by atoms with E-state index in [0.29, 0.717) is 5.92 Å². The molecule has 0 aliphatic heterocycles. The molecule has 0 saturated heterocycles. The average molecular weight is 353 g/mol. The van der Waals surface area contributed by atoms with Gasteiger partial charge in [-0.15, -0.1) is 0 Å². The Hall–Kier alpha value is -0.540. The number of aliphatic hydroxyl groups excluding tert-OH is 1. The van der Waals surface area contributed by atoms with Crippen molar-refractivity contribution in [2.45, 2.75) is 51.0 Å². The van der Waals surface area contributed by atoms with Crippen LogP contribution in [0.2, 0.25) is 0 Å². The molecule has 0 heterocycles. The molecule has 116 valence electrons. The average Bonchev–Trinajstić information content (AvgIpc) is 2.53. The molecule has 4 atom stereocenters. The predicted octanol–water partition coefficient (Wildman–Crippen LogP) is 5.10. The third-order valence-corrected chi connectivity index (χ3v) is 6.16. The number of hydrogen-bond acceptors (Lipinski definition) is 2. The largest absolute Gasteiger partial charge is 0.496 e. The first-order chi connectivity index (χ1) is 10.2.